The molecule has 1 saturated heterocycles. The van der Waals surface area contributed by atoms with Gasteiger partial charge in [0.25, 0.3) is 5.56 Å². The van der Waals surface area contributed by atoms with Gasteiger partial charge < -0.3 is 4.98 Å². The van der Waals surface area contributed by atoms with Gasteiger partial charge in [-0.1, -0.05) is 63.2 Å². The fourth-order valence-electron chi connectivity index (χ4n) is 4.47. The minimum absolute atomic E-state index is 0. The molecular weight excluding hydrogens is 430 g/mol. The summed E-state index contributed by atoms with van der Waals surface area (Å²) in [6.45, 7) is 10.7. The van der Waals surface area contributed by atoms with Gasteiger partial charge in [-0.25, -0.2) is 8.78 Å². The molecule has 1 fully saturated rings. The molecule has 1 aliphatic rings. The number of nitrogens with zero attached hydrogens (tertiary/aromatic N) is 1. The van der Waals surface area contributed by atoms with Gasteiger partial charge in [0.15, 0.2) is 11.6 Å². The molecule has 2 aromatic carbocycles. The molecule has 0 amide bonds. The number of hydrogen-bond donors (Lipinski definition) is 1. The first-order chi connectivity index (χ1) is 16.1. The smallest absolute Gasteiger partial charge is 0.251 e. The Morgan fingerprint density at radius 3 is 2.47 bits per heavy atom. The van der Waals surface area contributed by atoms with E-state index in [0.717, 1.165) is 41.9 Å². The van der Waals surface area contributed by atoms with E-state index in [1.54, 1.807) is 13.0 Å². The van der Waals surface area contributed by atoms with Crippen LogP contribution in [0.3, 0.4) is 0 Å². The Balaban J connectivity index is 0.00000342. The molecule has 0 saturated carbocycles. The van der Waals surface area contributed by atoms with E-state index in [0.29, 0.717) is 12.1 Å². The van der Waals surface area contributed by atoms with Crippen molar-refractivity contribution in [2.24, 2.45) is 5.92 Å². The van der Waals surface area contributed by atoms with Crippen LogP contribution in [0.4, 0.5) is 8.78 Å². The Morgan fingerprint density at radius 2 is 1.82 bits per heavy atom. The highest BCUT2D eigenvalue weighted by atomic mass is 19.2. The average Bonchev–Trinajstić information content (AvgIpc) is 3.23. The zero-order chi connectivity index (χ0) is 24.5. The second kappa shape index (κ2) is 9.67. The summed E-state index contributed by atoms with van der Waals surface area (Å²) in [4.78, 5) is 17.7. The molecule has 1 aliphatic heterocycles. The molecule has 1 atom stereocenters. The summed E-state index contributed by atoms with van der Waals surface area (Å²) >= 11 is 0. The van der Waals surface area contributed by atoms with Crippen molar-refractivity contribution in [3.63, 3.8) is 0 Å². The maximum atomic E-state index is 13.6. The predicted molar refractivity (Wildman–Crippen MR) is 136 cm³/mol. The van der Waals surface area contributed by atoms with Crippen LogP contribution in [0.2, 0.25) is 0 Å². The highest BCUT2D eigenvalue weighted by Gasteiger charge is 2.23. The summed E-state index contributed by atoms with van der Waals surface area (Å²) in [7, 11) is 0. The van der Waals surface area contributed by atoms with Crippen LogP contribution < -0.4 is 5.56 Å². The number of aromatic nitrogens is 1. The van der Waals surface area contributed by atoms with Crippen LogP contribution in [0.5, 0.6) is 0 Å². The quantitative estimate of drug-likeness (QED) is 0.470. The van der Waals surface area contributed by atoms with Gasteiger partial charge in [0.05, 0.1) is 0 Å². The zero-order valence-electron chi connectivity index (χ0n) is 20.3. The van der Waals surface area contributed by atoms with E-state index in [-0.39, 0.29) is 18.3 Å². The van der Waals surface area contributed by atoms with Gasteiger partial charge in [-0.2, -0.15) is 0 Å². The van der Waals surface area contributed by atoms with E-state index in [2.05, 4.69) is 61.0 Å². The maximum Gasteiger partial charge on any atom is 0.251 e. The van der Waals surface area contributed by atoms with Crippen LogP contribution in [-0.4, -0.2) is 23.0 Å². The summed E-state index contributed by atoms with van der Waals surface area (Å²) < 4.78 is 26.9. The minimum Gasteiger partial charge on any atom is -0.322 e. The number of benzene rings is 2. The Hall–Kier alpha value is -3.05. The zero-order valence-corrected chi connectivity index (χ0v) is 20.3. The van der Waals surface area contributed by atoms with Gasteiger partial charge in [0.1, 0.15) is 0 Å². The molecule has 0 bridgehead atoms. The summed E-state index contributed by atoms with van der Waals surface area (Å²) in [5.41, 5.74) is 5.57. The summed E-state index contributed by atoms with van der Waals surface area (Å²) in [6, 6.07) is 16.5. The molecule has 0 radical (unpaired) electrons. The van der Waals surface area contributed by atoms with Gasteiger partial charge in [-0.3, -0.25) is 9.69 Å². The fourth-order valence-corrected chi connectivity index (χ4v) is 4.47. The third-order valence-corrected chi connectivity index (χ3v) is 6.56. The predicted octanol–water partition coefficient (Wildman–Crippen LogP) is 6.46. The van der Waals surface area contributed by atoms with Crippen molar-refractivity contribution in [2.45, 2.75) is 46.1 Å². The van der Waals surface area contributed by atoms with Crippen molar-refractivity contribution >= 4 is 5.57 Å². The summed E-state index contributed by atoms with van der Waals surface area (Å²) in [5.74, 6) is -1.34. The van der Waals surface area contributed by atoms with Crippen LogP contribution in [-0.2, 0) is 12.0 Å². The molecule has 0 unspecified atom stereocenters. The van der Waals surface area contributed by atoms with Gasteiger partial charge in [-0.15, -0.1) is 0 Å². The highest BCUT2D eigenvalue weighted by molar-refractivity contribution is 5.78. The van der Waals surface area contributed by atoms with Crippen molar-refractivity contribution in [1.82, 2.24) is 9.88 Å². The molecular formula is C29H34F2N2O. The highest BCUT2D eigenvalue weighted by Crippen LogP contribution is 2.30. The van der Waals surface area contributed by atoms with Crippen LogP contribution in [0, 0.1) is 24.5 Å². The molecule has 0 spiro atoms. The number of rotatable bonds is 5. The van der Waals surface area contributed by atoms with E-state index in [9.17, 15) is 13.6 Å². The summed E-state index contributed by atoms with van der Waals surface area (Å²) in [5, 5.41) is 0. The van der Waals surface area contributed by atoms with Gasteiger partial charge in [-0.05, 0) is 66.1 Å². The van der Waals surface area contributed by atoms with E-state index >= 15 is 0 Å². The first-order valence-corrected chi connectivity index (χ1v) is 11.8. The van der Waals surface area contributed by atoms with Gasteiger partial charge in [0.2, 0.25) is 0 Å². The van der Waals surface area contributed by atoms with E-state index < -0.39 is 11.6 Å². The lowest BCUT2D eigenvalue weighted by Gasteiger charge is -2.20. The van der Waals surface area contributed by atoms with Crippen molar-refractivity contribution in [1.29, 1.82) is 0 Å². The second-order valence-corrected chi connectivity index (χ2v) is 10.3. The first kappa shape index (κ1) is 24.1. The number of aryl methyl sites for hydroxylation is 1. The van der Waals surface area contributed by atoms with Crippen molar-refractivity contribution in [3.05, 3.63) is 111 Å². The lowest BCUT2D eigenvalue weighted by atomic mass is 9.85. The maximum absolute atomic E-state index is 13.6. The van der Waals surface area contributed by atoms with Gasteiger partial charge in [0, 0.05) is 31.3 Å². The summed E-state index contributed by atoms with van der Waals surface area (Å²) in [6.07, 6.45) is 3.21. The lowest BCUT2D eigenvalue weighted by molar-refractivity contribution is 0.323. The Bertz CT molecular complexity index is 1260. The monoisotopic (exact) mass is 464 g/mol. The molecule has 2 heterocycles. The molecule has 5 heteroatoms. The molecule has 3 aromatic rings. The molecule has 34 heavy (non-hydrogen) atoms. The van der Waals surface area contributed by atoms with E-state index in [4.69, 9.17) is 0 Å². The number of nitrogens with one attached hydrogen (secondary N) is 1. The molecule has 1 N–H and O–H groups in total. The number of pyridine rings is 1. The molecule has 3 nitrogen and oxygen atoms in total. The van der Waals surface area contributed by atoms with Crippen LogP contribution in [0.25, 0.3) is 5.57 Å². The number of likely N-dealkylation sites (tertiary alicyclic amines) is 1. The topological polar surface area (TPSA) is 36.1 Å². The lowest BCUT2D eigenvalue weighted by Crippen LogP contribution is -2.20. The normalized spacial score (nSPS) is 17.4. The SMILES string of the molecule is Cc1ccc(/C(=C/[C@H]2CCN(Cc3ccc(F)c(F)c3)C2)c2ccc(C(C)(C)C)cc2)[nH]c1=O.[HH]. The Morgan fingerprint density at radius 1 is 1.09 bits per heavy atom. The number of aromatic amines is 1. The third kappa shape index (κ3) is 5.53. The van der Waals surface area contributed by atoms with Crippen molar-refractivity contribution in [2.75, 3.05) is 13.1 Å². The van der Waals surface area contributed by atoms with Gasteiger partial charge >= 0.3 is 0 Å². The van der Waals surface area contributed by atoms with Crippen molar-refractivity contribution in [3.8, 4) is 0 Å². The third-order valence-electron chi connectivity index (χ3n) is 6.56. The average molecular weight is 465 g/mol. The largest absolute Gasteiger partial charge is 0.322 e. The Kier molecular flexibility index (Phi) is 6.85. The number of hydrogen-bond acceptors (Lipinski definition) is 2. The molecule has 4 rings (SSSR count). The first-order valence-electron chi connectivity index (χ1n) is 11.8. The minimum atomic E-state index is -0.819. The van der Waals surface area contributed by atoms with E-state index in [1.165, 1.54) is 17.7 Å². The number of H-pyrrole nitrogens is 1. The van der Waals surface area contributed by atoms with E-state index in [1.807, 2.05) is 12.1 Å². The van der Waals surface area contributed by atoms with Crippen LogP contribution in [0.1, 0.15) is 56.6 Å². The fraction of sp³-hybridized carbons (Fsp3) is 0.345. The second-order valence-electron chi connectivity index (χ2n) is 10.3. The van der Waals surface area contributed by atoms with Crippen LogP contribution >= 0.6 is 0 Å². The molecule has 0 aliphatic carbocycles. The number of halogens is 2. The van der Waals surface area contributed by atoms with Crippen LogP contribution in [0.15, 0.2) is 65.5 Å². The molecule has 180 valence electrons. The Labute approximate surface area is 201 Å². The van der Waals surface area contributed by atoms with Crippen molar-refractivity contribution < 1.29 is 10.2 Å². The standard InChI is InChI=1S/C29H32F2N2O.H2/c1-19-5-12-27(32-28(19)34)24(22-7-9-23(10-8-22)29(2,3)4)15-21-13-14-33(18-21)17-20-6-11-25(30)26(31)16-20;/h5-12,15-16,21H,13-14,17-18H2,1-4H3,(H,32,34);1H/b24-15+;/t21-;/m1./s1. The molecule has 1 aromatic heterocycles.